The zero-order valence-electron chi connectivity index (χ0n) is 14.0. The Morgan fingerprint density at radius 2 is 1.88 bits per heavy atom. The van der Waals surface area contributed by atoms with E-state index in [4.69, 9.17) is 16.9 Å². The van der Waals surface area contributed by atoms with Gasteiger partial charge in [-0.05, 0) is 17.7 Å². The molecule has 2 fully saturated rings. The van der Waals surface area contributed by atoms with Crippen LogP contribution in [0.3, 0.4) is 0 Å². The number of halogens is 1. The van der Waals surface area contributed by atoms with Gasteiger partial charge in [-0.15, -0.1) is 0 Å². The predicted octanol–water partition coefficient (Wildman–Crippen LogP) is 1.61. The first kappa shape index (κ1) is 16.8. The van der Waals surface area contributed by atoms with Crippen molar-refractivity contribution < 1.29 is 4.79 Å². The number of hydrogen-bond acceptors (Lipinski definition) is 6. The second kappa shape index (κ2) is 6.90. The lowest BCUT2D eigenvalue weighted by Gasteiger charge is -2.44. The molecule has 0 saturated carbocycles. The van der Waals surface area contributed by atoms with Crippen LogP contribution in [0.1, 0.15) is 0 Å². The van der Waals surface area contributed by atoms with Gasteiger partial charge >= 0.3 is 0 Å². The number of anilines is 1. The second-order valence-electron chi connectivity index (χ2n) is 6.37. The molecule has 1 aromatic carbocycles. The number of rotatable bonds is 2. The molecule has 0 aliphatic carbocycles. The Bertz CT molecular complexity index is 865. The molecule has 2 aromatic rings. The third-order valence-electron chi connectivity index (χ3n) is 4.83. The lowest BCUT2D eigenvalue weighted by molar-refractivity contribution is -0.128. The van der Waals surface area contributed by atoms with Gasteiger partial charge in [-0.25, -0.2) is 9.97 Å². The maximum absolute atomic E-state index is 12.9. The van der Waals surface area contributed by atoms with E-state index in [2.05, 4.69) is 21.1 Å². The molecule has 4 rings (SSSR count). The van der Waals surface area contributed by atoms with E-state index >= 15 is 0 Å². The highest BCUT2D eigenvalue weighted by atomic mass is 35.5. The van der Waals surface area contributed by atoms with Crippen molar-refractivity contribution in [1.82, 2.24) is 19.8 Å². The Morgan fingerprint density at radius 3 is 2.62 bits per heavy atom. The van der Waals surface area contributed by atoms with Crippen molar-refractivity contribution in [3.63, 3.8) is 0 Å². The highest BCUT2D eigenvalue weighted by Crippen LogP contribution is 2.24. The smallest absolute Gasteiger partial charge is 0.248 e. The predicted molar refractivity (Wildman–Crippen MR) is 97.4 cm³/mol. The molecular weight excluding hydrogens is 352 g/mol. The number of carbonyl (C=O) groups is 1. The van der Waals surface area contributed by atoms with Crippen molar-refractivity contribution >= 4 is 23.5 Å². The summed E-state index contributed by atoms with van der Waals surface area (Å²) in [5.74, 6) is 0.348. The molecule has 1 amide bonds. The summed E-state index contributed by atoms with van der Waals surface area (Å²) in [6.45, 7) is 3.14. The summed E-state index contributed by atoms with van der Waals surface area (Å²) in [4.78, 5) is 27.0. The highest BCUT2D eigenvalue weighted by Gasteiger charge is 2.39. The number of nitrogens with zero attached hydrogens (tertiary/aromatic N) is 6. The van der Waals surface area contributed by atoms with Crippen LogP contribution in [0.15, 0.2) is 36.7 Å². The van der Waals surface area contributed by atoms with Gasteiger partial charge in [-0.3, -0.25) is 14.6 Å². The summed E-state index contributed by atoms with van der Waals surface area (Å²) in [6.07, 6.45) is 5.55. The fourth-order valence-corrected chi connectivity index (χ4v) is 3.60. The third-order valence-corrected chi connectivity index (χ3v) is 5.07. The molecule has 2 aliphatic rings. The van der Waals surface area contributed by atoms with Gasteiger partial charge in [0.25, 0.3) is 0 Å². The zero-order valence-corrected chi connectivity index (χ0v) is 14.8. The van der Waals surface area contributed by atoms with Crippen LogP contribution in [-0.2, 0) is 4.79 Å². The van der Waals surface area contributed by atoms with Gasteiger partial charge < -0.3 is 4.90 Å². The molecule has 3 heterocycles. The second-order valence-corrected chi connectivity index (χ2v) is 6.81. The summed E-state index contributed by atoms with van der Waals surface area (Å²) in [7, 11) is 0. The number of nitriles is 1. The summed E-state index contributed by atoms with van der Waals surface area (Å²) in [5.41, 5.74) is 1.77. The van der Waals surface area contributed by atoms with E-state index in [1.165, 1.54) is 0 Å². The number of amides is 1. The van der Waals surface area contributed by atoms with Crippen molar-refractivity contribution in [1.29, 1.82) is 5.26 Å². The van der Waals surface area contributed by atoms with E-state index in [1.807, 2.05) is 24.3 Å². The van der Waals surface area contributed by atoms with Crippen molar-refractivity contribution in [2.45, 2.75) is 6.04 Å². The molecule has 0 bridgehead atoms. The lowest BCUT2D eigenvalue weighted by Crippen LogP contribution is -2.64. The molecular formula is C18H17ClN6O. The van der Waals surface area contributed by atoms with Gasteiger partial charge in [-0.2, -0.15) is 5.26 Å². The molecule has 2 saturated heterocycles. The van der Waals surface area contributed by atoms with Gasteiger partial charge in [0.05, 0.1) is 6.54 Å². The van der Waals surface area contributed by atoms with Gasteiger partial charge in [0.15, 0.2) is 6.19 Å². The van der Waals surface area contributed by atoms with Crippen molar-refractivity contribution in [2.75, 3.05) is 37.6 Å². The van der Waals surface area contributed by atoms with Gasteiger partial charge in [-0.1, -0.05) is 23.7 Å². The summed E-state index contributed by atoms with van der Waals surface area (Å²) in [6, 6.07) is 7.16. The Balaban J connectivity index is 1.54. The van der Waals surface area contributed by atoms with Crippen LogP contribution in [-0.4, -0.2) is 64.4 Å². The fraction of sp³-hybridized carbons (Fsp3) is 0.333. The summed E-state index contributed by atoms with van der Waals surface area (Å²) in [5, 5.41) is 9.76. The minimum Gasteiger partial charge on any atom is -0.307 e. The number of fused-ring (bicyclic) bond motifs is 1. The summed E-state index contributed by atoms with van der Waals surface area (Å²) < 4.78 is 0. The minimum absolute atomic E-state index is 0.0493. The van der Waals surface area contributed by atoms with E-state index in [1.54, 1.807) is 22.2 Å². The number of carbonyl (C=O) groups excluding carboxylic acids is 1. The average molecular weight is 369 g/mol. The maximum Gasteiger partial charge on any atom is 0.248 e. The van der Waals surface area contributed by atoms with Gasteiger partial charge in [0.2, 0.25) is 11.9 Å². The van der Waals surface area contributed by atoms with Crippen LogP contribution >= 0.6 is 11.6 Å². The molecule has 7 nitrogen and oxygen atoms in total. The Kier molecular flexibility index (Phi) is 4.45. The van der Waals surface area contributed by atoms with E-state index < -0.39 is 0 Å². The fourth-order valence-electron chi connectivity index (χ4n) is 3.41. The molecule has 1 aromatic heterocycles. The summed E-state index contributed by atoms with van der Waals surface area (Å²) >= 11 is 6.03. The quantitative estimate of drug-likeness (QED) is 0.749. The minimum atomic E-state index is -0.312. The average Bonchev–Trinajstić information content (AvgIpc) is 2.68. The number of hydrogen-bond donors (Lipinski definition) is 0. The molecule has 0 radical (unpaired) electrons. The largest absolute Gasteiger partial charge is 0.307 e. The van der Waals surface area contributed by atoms with Crippen LogP contribution < -0.4 is 4.90 Å². The zero-order chi connectivity index (χ0) is 18.1. The van der Waals surface area contributed by atoms with Crippen molar-refractivity contribution in [3.8, 4) is 17.3 Å². The first-order valence-corrected chi connectivity index (χ1v) is 8.81. The van der Waals surface area contributed by atoms with Crippen LogP contribution in [0.2, 0.25) is 5.02 Å². The molecule has 1 atom stereocenters. The van der Waals surface area contributed by atoms with Gasteiger partial charge in [0, 0.05) is 49.2 Å². The standard InChI is InChI=1S/C18H17ClN6O/c19-15-3-1-2-13(8-15)14-9-21-18(22-10-14)25-7-6-24-5-4-23(12-20)11-16(24)17(25)26/h1-3,8-10,16H,4-7,11H2. The van der Waals surface area contributed by atoms with Crippen molar-refractivity contribution in [2.24, 2.45) is 0 Å². The van der Waals surface area contributed by atoms with Crippen LogP contribution in [0.25, 0.3) is 11.1 Å². The molecule has 0 spiro atoms. The van der Waals surface area contributed by atoms with Crippen LogP contribution in [0, 0.1) is 11.5 Å². The molecule has 2 aliphatic heterocycles. The first-order valence-electron chi connectivity index (χ1n) is 8.44. The SMILES string of the molecule is N#CN1CCN2CCN(c3ncc(-c4cccc(Cl)c4)cn3)C(=O)C2C1. The normalized spacial score (nSPS) is 20.6. The maximum atomic E-state index is 12.9. The number of piperazine rings is 2. The number of aromatic nitrogens is 2. The van der Waals surface area contributed by atoms with E-state index in [0.29, 0.717) is 30.6 Å². The Morgan fingerprint density at radius 1 is 1.12 bits per heavy atom. The van der Waals surface area contributed by atoms with E-state index in [-0.39, 0.29) is 11.9 Å². The topological polar surface area (TPSA) is 76.4 Å². The lowest BCUT2D eigenvalue weighted by atomic mass is 10.1. The first-order chi connectivity index (χ1) is 12.7. The molecule has 132 valence electrons. The molecule has 8 heteroatoms. The van der Waals surface area contributed by atoms with E-state index in [0.717, 1.165) is 24.2 Å². The molecule has 1 unspecified atom stereocenters. The monoisotopic (exact) mass is 368 g/mol. The van der Waals surface area contributed by atoms with E-state index in [9.17, 15) is 4.79 Å². The van der Waals surface area contributed by atoms with Crippen LogP contribution in [0.4, 0.5) is 5.95 Å². The molecule has 0 N–H and O–H groups in total. The Hall–Kier alpha value is -2.69. The Labute approximate surface area is 156 Å². The van der Waals surface area contributed by atoms with Crippen molar-refractivity contribution in [3.05, 3.63) is 41.7 Å². The highest BCUT2D eigenvalue weighted by molar-refractivity contribution is 6.30. The third kappa shape index (κ3) is 3.09. The molecule has 26 heavy (non-hydrogen) atoms. The number of benzene rings is 1. The van der Waals surface area contributed by atoms with Gasteiger partial charge in [0.1, 0.15) is 6.04 Å². The van der Waals surface area contributed by atoms with Crippen LogP contribution in [0.5, 0.6) is 0 Å².